The molecule has 1 saturated heterocycles. The van der Waals surface area contributed by atoms with E-state index in [-0.39, 0.29) is 6.03 Å². The average Bonchev–Trinajstić information content (AvgIpc) is 2.68. The van der Waals surface area contributed by atoms with Crippen molar-refractivity contribution in [3.63, 3.8) is 0 Å². The van der Waals surface area contributed by atoms with Crippen molar-refractivity contribution in [3.8, 4) is 5.75 Å². The van der Waals surface area contributed by atoms with Gasteiger partial charge in [0.25, 0.3) is 0 Å². The Morgan fingerprint density at radius 1 is 1.04 bits per heavy atom. The van der Waals surface area contributed by atoms with Gasteiger partial charge in [-0.1, -0.05) is 18.7 Å². The predicted octanol–water partition coefficient (Wildman–Crippen LogP) is 4.62. The van der Waals surface area contributed by atoms with Crippen molar-refractivity contribution in [2.75, 3.05) is 43.5 Å². The van der Waals surface area contributed by atoms with Gasteiger partial charge in [0.1, 0.15) is 5.75 Å². The summed E-state index contributed by atoms with van der Waals surface area (Å²) < 4.78 is 5.44. The van der Waals surface area contributed by atoms with Crippen molar-refractivity contribution in [3.05, 3.63) is 59.2 Å². The molecular weight excluding hydrogens is 350 g/mol. The number of carbonyl (C=O) groups excluding carboxylic acids is 1. The number of hydrogen-bond acceptors (Lipinski definition) is 3. The van der Waals surface area contributed by atoms with Crippen LogP contribution in [0, 0.1) is 20.8 Å². The molecule has 2 aromatic carbocycles. The summed E-state index contributed by atoms with van der Waals surface area (Å²) in [6.45, 7) is 13.1. The van der Waals surface area contributed by atoms with Crippen LogP contribution in [-0.2, 0) is 0 Å². The number of rotatable bonds is 4. The number of nitrogens with one attached hydrogen (secondary N) is 1. The molecule has 0 radical (unpaired) electrons. The molecule has 1 aliphatic rings. The van der Waals surface area contributed by atoms with Gasteiger partial charge >= 0.3 is 6.03 Å². The van der Waals surface area contributed by atoms with Crippen LogP contribution < -0.4 is 15.0 Å². The summed E-state index contributed by atoms with van der Waals surface area (Å²) in [5, 5.41) is 3.00. The van der Waals surface area contributed by atoms with Gasteiger partial charge in [0.15, 0.2) is 0 Å². The highest BCUT2D eigenvalue weighted by atomic mass is 16.5. The quantitative estimate of drug-likeness (QED) is 0.843. The molecule has 28 heavy (non-hydrogen) atoms. The second-order valence-corrected chi connectivity index (χ2v) is 7.36. The van der Waals surface area contributed by atoms with Crippen molar-refractivity contribution < 1.29 is 9.53 Å². The zero-order valence-electron chi connectivity index (χ0n) is 17.2. The van der Waals surface area contributed by atoms with Crippen LogP contribution in [0.5, 0.6) is 5.75 Å². The van der Waals surface area contributed by atoms with E-state index in [0.717, 1.165) is 24.2 Å². The second kappa shape index (κ2) is 8.38. The molecule has 1 N–H and O–H groups in total. The summed E-state index contributed by atoms with van der Waals surface area (Å²) >= 11 is 0. The Labute approximate surface area is 167 Å². The number of amides is 2. The third kappa shape index (κ3) is 4.30. The first-order valence-electron chi connectivity index (χ1n) is 9.61. The number of benzene rings is 2. The van der Waals surface area contributed by atoms with Gasteiger partial charge in [-0.25, -0.2) is 4.79 Å². The minimum atomic E-state index is -0.0998. The predicted molar refractivity (Wildman–Crippen MR) is 117 cm³/mol. The first kappa shape index (κ1) is 19.8. The third-order valence-corrected chi connectivity index (χ3v) is 5.19. The van der Waals surface area contributed by atoms with Gasteiger partial charge in [-0.05, 0) is 67.3 Å². The van der Waals surface area contributed by atoms with E-state index < -0.39 is 0 Å². The smallest absolute Gasteiger partial charge is 0.322 e. The van der Waals surface area contributed by atoms with Gasteiger partial charge in [0.2, 0.25) is 0 Å². The Morgan fingerprint density at radius 2 is 1.68 bits per heavy atom. The van der Waals surface area contributed by atoms with Crippen LogP contribution in [0.4, 0.5) is 16.2 Å². The molecule has 2 amide bonds. The zero-order chi connectivity index (χ0) is 20.3. The van der Waals surface area contributed by atoms with E-state index >= 15 is 0 Å². The molecule has 0 bridgehead atoms. The molecule has 1 aliphatic heterocycles. The maximum atomic E-state index is 12.8. The van der Waals surface area contributed by atoms with Crippen molar-refractivity contribution in [2.45, 2.75) is 20.8 Å². The fraction of sp³-hybridized carbons (Fsp3) is 0.348. The maximum Gasteiger partial charge on any atom is 0.322 e. The topological polar surface area (TPSA) is 44.8 Å². The lowest BCUT2D eigenvalue weighted by atomic mass is 10.1. The Bertz CT molecular complexity index is 863. The Hall–Kier alpha value is -2.95. The Kier molecular flexibility index (Phi) is 5.93. The van der Waals surface area contributed by atoms with Crippen molar-refractivity contribution in [1.29, 1.82) is 0 Å². The standard InChI is InChI=1S/C23H29N3O2/c1-6-19-15-21(22(28-5)14-18(19)4)24-23(27)26-9-7-25(8-10-26)20-12-16(2)11-17(3)13-20/h6,11-15H,1,7-10H2,2-5H3,(H,24,27). The number of piperazine rings is 1. The highest BCUT2D eigenvalue weighted by Crippen LogP contribution is 2.29. The van der Waals surface area contributed by atoms with E-state index in [9.17, 15) is 4.79 Å². The van der Waals surface area contributed by atoms with E-state index in [1.807, 2.05) is 24.0 Å². The van der Waals surface area contributed by atoms with Crippen LogP contribution in [0.1, 0.15) is 22.3 Å². The molecular formula is C23H29N3O2. The summed E-state index contributed by atoms with van der Waals surface area (Å²) in [6.07, 6.45) is 1.78. The zero-order valence-corrected chi connectivity index (χ0v) is 17.2. The molecule has 0 saturated carbocycles. The molecule has 0 spiro atoms. The lowest BCUT2D eigenvalue weighted by Gasteiger charge is -2.36. The van der Waals surface area contributed by atoms with E-state index in [1.165, 1.54) is 16.8 Å². The molecule has 0 aromatic heterocycles. The van der Waals surface area contributed by atoms with Crippen LogP contribution in [0.2, 0.25) is 0 Å². The van der Waals surface area contributed by atoms with Crippen LogP contribution in [-0.4, -0.2) is 44.2 Å². The third-order valence-electron chi connectivity index (χ3n) is 5.19. The Morgan fingerprint density at radius 3 is 2.25 bits per heavy atom. The summed E-state index contributed by atoms with van der Waals surface area (Å²) in [5.41, 5.74) is 6.47. The van der Waals surface area contributed by atoms with Gasteiger partial charge in [0, 0.05) is 31.9 Å². The average molecular weight is 380 g/mol. The summed E-state index contributed by atoms with van der Waals surface area (Å²) in [7, 11) is 1.61. The molecule has 5 nitrogen and oxygen atoms in total. The molecule has 0 aliphatic carbocycles. The van der Waals surface area contributed by atoms with Crippen molar-refractivity contribution >= 4 is 23.5 Å². The van der Waals surface area contributed by atoms with E-state index in [2.05, 4.69) is 48.8 Å². The maximum absolute atomic E-state index is 12.8. The molecule has 3 rings (SSSR count). The second-order valence-electron chi connectivity index (χ2n) is 7.36. The van der Waals surface area contributed by atoms with Crippen molar-refractivity contribution in [2.24, 2.45) is 0 Å². The molecule has 2 aromatic rings. The van der Waals surface area contributed by atoms with Gasteiger partial charge in [0.05, 0.1) is 12.8 Å². The first-order chi connectivity index (χ1) is 13.4. The van der Waals surface area contributed by atoms with E-state index in [1.54, 1.807) is 13.2 Å². The molecule has 0 atom stereocenters. The fourth-order valence-corrected chi connectivity index (χ4v) is 3.68. The number of urea groups is 1. The fourth-order valence-electron chi connectivity index (χ4n) is 3.68. The number of hydrogen-bond donors (Lipinski definition) is 1. The minimum absolute atomic E-state index is 0.0998. The summed E-state index contributed by atoms with van der Waals surface area (Å²) in [4.78, 5) is 17.0. The molecule has 1 heterocycles. The first-order valence-corrected chi connectivity index (χ1v) is 9.61. The molecule has 148 valence electrons. The molecule has 0 unspecified atom stereocenters. The van der Waals surface area contributed by atoms with Gasteiger partial charge in [-0.15, -0.1) is 0 Å². The normalized spacial score (nSPS) is 14.0. The van der Waals surface area contributed by atoms with Gasteiger partial charge in [-0.3, -0.25) is 0 Å². The highest BCUT2D eigenvalue weighted by molar-refractivity contribution is 5.92. The SMILES string of the molecule is C=Cc1cc(NC(=O)N2CCN(c3cc(C)cc(C)c3)CC2)c(OC)cc1C. The van der Waals surface area contributed by atoms with E-state index in [0.29, 0.717) is 24.5 Å². The minimum Gasteiger partial charge on any atom is -0.495 e. The lowest BCUT2D eigenvalue weighted by molar-refractivity contribution is 0.208. The number of anilines is 2. The number of carbonyl (C=O) groups is 1. The van der Waals surface area contributed by atoms with Gasteiger partial charge < -0.3 is 19.9 Å². The highest BCUT2D eigenvalue weighted by Gasteiger charge is 2.22. The number of methoxy groups -OCH3 is 1. The van der Waals surface area contributed by atoms with Crippen LogP contribution in [0.15, 0.2) is 36.9 Å². The molecule has 5 heteroatoms. The monoisotopic (exact) mass is 379 g/mol. The summed E-state index contributed by atoms with van der Waals surface area (Å²) in [6, 6.07) is 10.3. The van der Waals surface area contributed by atoms with E-state index in [4.69, 9.17) is 4.74 Å². The van der Waals surface area contributed by atoms with Gasteiger partial charge in [-0.2, -0.15) is 0 Å². The number of nitrogens with zero attached hydrogens (tertiary/aromatic N) is 2. The van der Waals surface area contributed by atoms with Crippen LogP contribution in [0.25, 0.3) is 6.08 Å². The van der Waals surface area contributed by atoms with Crippen LogP contribution in [0.3, 0.4) is 0 Å². The lowest BCUT2D eigenvalue weighted by Crippen LogP contribution is -2.50. The van der Waals surface area contributed by atoms with Crippen LogP contribution >= 0.6 is 0 Å². The molecule has 1 fully saturated rings. The Balaban J connectivity index is 1.66. The summed E-state index contributed by atoms with van der Waals surface area (Å²) in [5.74, 6) is 0.658. The number of ether oxygens (including phenoxy) is 1. The number of aryl methyl sites for hydroxylation is 3. The largest absolute Gasteiger partial charge is 0.495 e. The van der Waals surface area contributed by atoms with Crippen molar-refractivity contribution in [1.82, 2.24) is 4.90 Å².